The number of hydrogen-bond acceptors (Lipinski definition) is 6. The number of rotatable bonds is 4. The zero-order valence-electron chi connectivity index (χ0n) is 27.9. The highest BCUT2D eigenvalue weighted by Gasteiger charge is 2.46. The Bertz CT molecular complexity index is 797. The first kappa shape index (κ1) is 34.9. The van der Waals surface area contributed by atoms with Gasteiger partial charge in [0.2, 0.25) is 0 Å². The summed E-state index contributed by atoms with van der Waals surface area (Å²) in [4.78, 5) is 29.3. The van der Waals surface area contributed by atoms with Gasteiger partial charge < -0.3 is 29.5 Å². The van der Waals surface area contributed by atoms with Crippen molar-refractivity contribution in [3.05, 3.63) is 0 Å². The highest BCUT2D eigenvalue weighted by Crippen LogP contribution is 2.43. The Labute approximate surface area is 255 Å². The minimum absolute atomic E-state index is 0.136. The molecule has 2 heterocycles. The van der Waals surface area contributed by atoms with Gasteiger partial charge in [0.1, 0.15) is 11.2 Å². The van der Waals surface area contributed by atoms with Crippen molar-refractivity contribution in [2.24, 2.45) is 23.7 Å². The minimum atomic E-state index is -0.464. The van der Waals surface area contributed by atoms with Gasteiger partial charge in [0, 0.05) is 37.4 Å². The number of hydrogen-bond donors (Lipinski definition) is 2. The van der Waals surface area contributed by atoms with Gasteiger partial charge in [-0.05, 0) is 117 Å². The lowest BCUT2D eigenvalue weighted by Crippen LogP contribution is -2.57. The van der Waals surface area contributed by atoms with Gasteiger partial charge in [0.25, 0.3) is 0 Å². The van der Waals surface area contributed by atoms with Crippen molar-refractivity contribution in [2.45, 2.75) is 168 Å². The molecular formula is C34H62N2O6. The van der Waals surface area contributed by atoms with Crippen LogP contribution < -0.4 is 0 Å². The molecule has 8 nitrogen and oxygen atoms in total. The van der Waals surface area contributed by atoms with E-state index in [0.717, 1.165) is 25.7 Å². The van der Waals surface area contributed by atoms with Crippen LogP contribution in [0.5, 0.6) is 0 Å². The summed E-state index contributed by atoms with van der Waals surface area (Å²) in [5, 5.41) is 18.6. The van der Waals surface area contributed by atoms with E-state index in [1.54, 1.807) is 0 Å². The molecule has 0 aromatic rings. The van der Waals surface area contributed by atoms with Crippen molar-refractivity contribution in [1.29, 1.82) is 0 Å². The predicted molar refractivity (Wildman–Crippen MR) is 166 cm³/mol. The second-order valence-corrected chi connectivity index (χ2v) is 15.5. The number of likely N-dealkylation sites (tertiary alicyclic amines) is 2. The number of amides is 2. The Morgan fingerprint density at radius 1 is 0.619 bits per heavy atom. The maximum Gasteiger partial charge on any atom is 0.410 e. The van der Waals surface area contributed by atoms with Gasteiger partial charge >= 0.3 is 12.2 Å². The molecule has 2 N–H and O–H groups in total. The maximum absolute atomic E-state index is 12.7. The van der Waals surface area contributed by atoms with Gasteiger partial charge in [-0.25, -0.2) is 9.59 Å². The number of carbonyl (C=O) groups excluding carboxylic acids is 2. The third kappa shape index (κ3) is 9.23. The SMILES string of the molecule is C[C@H]1CCC[C@H]2[C@@H]1CC[C@H](CCO)N2C(=O)OC(C)(C)C.C[C@H]1CCC[C@H]2[C@@H]1CC[C@H](CCO)N2C(=O)OC(C)(C)C. The second-order valence-electron chi connectivity index (χ2n) is 15.5. The van der Waals surface area contributed by atoms with Crippen LogP contribution in [0.4, 0.5) is 9.59 Å². The molecule has 2 aliphatic carbocycles. The smallest absolute Gasteiger partial charge is 0.410 e. The summed E-state index contributed by atoms with van der Waals surface area (Å²) in [6.07, 6.45) is 12.4. The topological polar surface area (TPSA) is 99.5 Å². The summed E-state index contributed by atoms with van der Waals surface area (Å²) in [6.45, 7) is 16.4. The predicted octanol–water partition coefficient (Wildman–Crippen LogP) is 7.15. The van der Waals surface area contributed by atoms with Crippen molar-refractivity contribution in [1.82, 2.24) is 9.80 Å². The molecule has 8 heteroatoms. The van der Waals surface area contributed by atoms with Crippen LogP contribution in [0.1, 0.15) is 132 Å². The van der Waals surface area contributed by atoms with E-state index in [4.69, 9.17) is 9.47 Å². The third-order valence-electron chi connectivity index (χ3n) is 10.1. The van der Waals surface area contributed by atoms with Crippen LogP contribution in [0, 0.1) is 23.7 Å². The lowest BCUT2D eigenvalue weighted by Gasteiger charge is -2.50. The summed E-state index contributed by atoms with van der Waals surface area (Å²) < 4.78 is 11.3. The molecule has 2 saturated carbocycles. The quantitative estimate of drug-likeness (QED) is 0.359. The Kier molecular flexibility index (Phi) is 12.4. The highest BCUT2D eigenvalue weighted by atomic mass is 16.6. The fourth-order valence-corrected chi connectivity index (χ4v) is 8.21. The van der Waals surface area contributed by atoms with Crippen molar-refractivity contribution in [3.8, 4) is 0 Å². The normalized spacial score (nSPS) is 33.5. The van der Waals surface area contributed by atoms with Crippen molar-refractivity contribution < 1.29 is 29.3 Å². The average molecular weight is 595 g/mol. The maximum atomic E-state index is 12.7. The second kappa shape index (κ2) is 15.0. The average Bonchev–Trinajstić information content (AvgIpc) is 2.87. The highest BCUT2D eigenvalue weighted by molar-refractivity contribution is 5.70. The minimum Gasteiger partial charge on any atom is -0.444 e. The summed E-state index contributed by atoms with van der Waals surface area (Å²) in [6, 6.07) is 0.871. The van der Waals surface area contributed by atoms with E-state index < -0.39 is 11.2 Å². The number of piperidine rings is 2. The van der Waals surface area contributed by atoms with Crippen LogP contribution in [0.25, 0.3) is 0 Å². The van der Waals surface area contributed by atoms with E-state index in [-0.39, 0.29) is 37.5 Å². The van der Waals surface area contributed by atoms with Crippen molar-refractivity contribution >= 4 is 12.2 Å². The van der Waals surface area contributed by atoms with Gasteiger partial charge in [0.05, 0.1) is 0 Å². The molecule has 4 aliphatic rings. The number of aliphatic hydroxyl groups excluding tert-OH is 2. The fraction of sp³-hybridized carbons (Fsp3) is 0.941. The lowest BCUT2D eigenvalue weighted by atomic mass is 9.70. The summed E-state index contributed by atoms with van der Waals surface area (Å²) >= 11 is 0. The van der Waals surface area contributed by atoms with E-state index >= 15 is 0 Å². The number of carbonyl (C=O) groups is 2. The number of nitrogens with zero attached hydrogens (tertiary/aromatic N) is 2. The van der Waals surface area contributed by atoms with Crippen LogP contribution >= 0.6 is 0 Å². The van der Waals surface area contributed by atoms with E-state index in [1.807, 2.05) is 51.3 Å². The van der Waals surface area contributed by atoms with Gasteiger partial charge in [0.15, 0.2) is 0 Å². The molecule has 244 valence electrons. The summed E-state index contributed by atoms with van der Waals surface area (Å²) in [7, 11) is 0. The molecule has 4 fully saturated rings. The molecule has 8 atom stereocenters. The van der Waals surface area contributed by atoms with E-state index in [0.29, 0.717) is 48.6 Å². The molecule has 4 rings (SSSR count). The molecule has 0 aromatic carbocycles. The third-order valence-corrected chi connectivity index (χ3v) is 10.1. The first-order valence-electron chi connectivity index (χ1n) is 16.9. The van der Waals surface area contributed by atoms with Crippen molar-refractivity contribution in [2.75, 3.05) is 13.2 Å². The van der Waals surface area contributed by atoms with Crippen LogP contribution in [-0.4, -0.2) is 80.8 Å². The Balaban J connectivity index is 0.000000230. The van der Waals surface area contributed by atoms with Crippen LogP contribution in [0.3, 0.4) is 0 Å². The molecule has 0 unspecified atom stereocenters. The standard InChI is InChI=1S/2C17H31NO3/c2*1-12-6-5-7-15-14(12)9-8-13(10-11-19)18(15)16(20)21-17(2,3)4/h2*12-15,19H,5-11H2,1-4H3/t2*12-,13+,14+,15-/m00/s1. The molecule has 42 heavy (non-hydrogen) atoms. The zero-order chi connectivity index (χ0) is 31.2. The Morgan fingerprint density at radius 3 is 1.29 bits per heavy atom. The summed E-state index contributed by atoms with van der Waals surface area (Å²) in [5.74, 6) is 2.56. The molecule has 0 spiro atoms. The van der Waals surface area contributed by atoms with E-state index in [9.17, 15) is 19.8 Å². The largest absolute Gasteiger partial charge is 0.444 e. The molecule has 2 aliphatic heterocycles. The zero-order valence-corrected chi connectivity index (χ0v) is 27.9. The van der Waals surface area contributed by atoms with Crippen LogP contribution in [0.2, 0.25) is 0 Å². The van der Waals surface area contributed by atoms with E-state index in [2.05, 4.69) is 13.8 Å². The molecule has 2 amide bonds. The summed E-state index contributed by atoms with van der Waals surface area (Å²) in [5.41, 5.74) is -0.928. The Morgan fingerprint density at radius 2 is 0.976 bits per heavy atom. The van der Waals surface area contributed by atoms with Gasteiger partial charge in [-0.15, -0.1) is 0 Å². The first-order valence-corrected chi connectivity index (χ1v) is 16.9. The number of aliphatic hydroxyl groups is 2. The molecular weight excluding hydrogens is 532 g/mol. The lowest BCUT2D eigenvalue weighted by molar-refractivity contribution is -0.0415. The first-order chi connectivity index (χ1) is 19.7. The van der Waals surface area contributed by atoms with Crippen molar-refractivity contribution in [3.63, 3.8) is 0 Å². The van der Waals surface area contributed by atoms with Gasteiger partial charge in [-0.1, -0.05) is 39.5 Å². The van der Waals surface area contributed by atoms with Gasteiger partial charge in [-0.3, -0.25) is 0 Å². The molecule has 0 radical (unpaired) electrons. The van der Waals surface area contributed by atoms with Crippen LogP contribution in [-0.2, 0) is 9.47 Å². The van der Waals surface area contributed by atoms with Gasteiger partial charge in [-0.2, -0.15) is 0 Å². The number of fused-ring (bicyclic) bond motifs is 2. The van der Waals surface area contributed by atoms with Crippen LogP contribution in [0.15, 0.2) is 0 Å². The molecule has 2 saturated heterocycles. The molecule has 0 aromatic heterocycles. The monoisotopic (exact) mass is 594 g/mol. The Hall–Kier alpha value is -1.54. The number of ether oxygens (including phenoxy) is 2. The molecule has 0 bridgehead atoms. The fourth-order valence-electron chi connectivity index (χ4n) is 8.21. The van der Waals surface area contributed by atoms with E-state index in [1.165, 1.54) is 38.5 Å².